The van der Waals surface area contributed by atoms with E-state index in [2.05, 4.69) is 79.1 Å². The normalized spacial score (nSPS) is 23.2. The highest BCUT2D eigenvalue weighted by Gasteiger charge is 2.39. The zero-order valence-corrected chi connectivity index (χ0v) is 65.9. The van der Waals surface area contributed by atoms with Gasteiger partial charge in [-0.1, -0.05) is 112 Å². The predicted molar refractivity (Wildman–Crippen MR) is 416 cm³/mol. The van der Waals surface area contributed by atoms with Gasteiger partial charge >= 0.3 is 17.9 Å². The van der Waals surface area contributed by atoms with Crippen molar-refractivity contribution in [3.63, 3.8) is 0 Å². The Morgan fingerprint density at radius 2 is 1.15 bits per heavy atom. The van der Waals surface area contributed by atoms with Gasteiger partial charge in [0.2, 0.25) is 70.9 Å². The average molecular weight is 1610 g/mol. The highest BCUT2D eigenvalue weighted by Crippen LogP contribution is 2.26. The number of carboxylic acids is 3. The van der Waals surface area contributed by atoms with Crippen molar-refractivity contribution in [1.82, 2.24) is 79.1 Å². The molecule has 0 radical (unpaired) electrons. The van der Waals surface area contributed by atoms with Crippen molar-refractivity contribution in [2.75, 3.05) is 25.2 Å². The van der Waals surface area contributed by atoms with Crippen molar-refractivity contribution < 1.29 is 102 Å². The minimum atomic E-state index is -1.97. The number of H-pyrrole nitrogens is 2. The van der Waals surface area contributed by atoms with Gasteiger partial charge in [-0.3, -0.25) is 72.4 Å². The Bertz CT molecular complexity index is 4190. The van der Waals surface area contributed by atoms with E-state index in [0.717, 1.165) is 35.4 Å². The topological polar surface area (TPSA) is 554 Å². The number of ether oxygens (including phenoxy) is 1. The lowest BCUT2D eigenvalue weighted by molar-refractivity contribution is -0.145. The van der Waals surface area contributed by atoms with Gasteiger partial charge in [0, 0.05) is 65.5 Å². The SMILES string of the molecule is COc1cccc(C[C@@H]2NC(O)[C@H](Cc3c[nH]c4ccccc34)NC(=O)[C@H](C)NC(=O)[C@@H](NC(=O)[C@H](CC(=O)O)NC(C)=O)CSSC[C@@H](C(=O)N[C@H](C(=O)O)[C@@H](C)O)NC(=O)[C@H](Cc3c[nH]c4ccccc34)NC(=O)[C@H](C(C)C)NC(=O)[C@H](CC(C)C)NC(=O)[C@H](CCC(=O)O)NC(=O)CNC(=O)[C@H](CC(C)C)NC2=O)c1. The largest absolute Gasteiger partial charge is 0.497 e. The summed E-state index contributed by atoms with van der Waals surface area (Å²) in [6.07, 6.45) is -3.46. The first-order valence-corrected chi connectivity index (χ1v) is 39.2. The van der Waals surface area contributed by atoms with Crippen LogP contribution in [0.1, 0.15) is 111 Å². The number of benzene rings is 3. The van der Waals surface area contributed by atoms with E-state index in [1.807, 2.05) is 0 Å². The number of hydrogen-bond donors (Lipinski definition) is 20. The molecule has 3 aromatic carbocycles. The first kappa shape index (κ1) is 91.1. The third-order valence-corrected chi connectivity index (χ3v) is 20.6. The molecule has 3 heterocycles. The number of fused-ring (bicyclic) bond motifs is 2. The second-order valence-electron chi connectivity index (χ2n) is 28.7. The third-order valence-electron chi connectivity index (χ3n) is 18.2. The average Bonchev–Trinajstić information content (AvgIpc) is 1.72. The maximum Gasteiger partial charge on any atom is 0.328 e. The molecule has 1 fully saturated rings. The fraction of sp³-hybridized carbons (Fsp3) is 0.507. The van der Waals surface area contributed by atoms with E-state index >= 15 is 4.79 Å². The number of aliphatic hydroxyl groups excluding tert-OH is 2. The molecule has 12 amide bonds. The van der Waals surface area contributed by atoms with E-state index in [9.17, 15) is 92.7 Å². The summed E-state index contributed by atoms with van der Waals surface area (Å²) in [4.78, 5) is 216. The lowest BCUT2D eigenvalue weighted by atomic mass is 9.98. The Kier molecular flexibility index (Phi) is 35.3. The van der Waals surface area contributed by atoms with Crippen molar-refractivity contribution in [1.29, 1.82) is 0 Å². The second kappa shape index (κ2) is 43.8. The summed E-state index contributed by atoms with van der Waals surface area (Å²) in [7, 11) is 2.92. The number of nitrogens with one attached hydrogen (secondary N) is 15. The Morgan fingerprint density at radius 1 is 0.584 bits per heavy atom. The van der Waals surface area contributed by atoms with Crippen LogP contribution in [0, 0.1) is 17.8 Å². The van der Waals surface area contributed by atoms with Crippen LogP contribution >= 0.6 is 21.6 Å². The maximum atomic E-state index is 15.1. The number of aliphatic hydroxyl groups is 2. The highest BCUT2D eigenvalue weighted by atomic mass is 33.1. The molecule has 1 saturated heterocycles. The molecule has 0 spiro atoms. The van der Waals surface area contributed by atoms with Gasteiger partial charge in [0.05, 0.1) is 38.3 Å². The van der Waals surface area contributed by atoms with Crippen LogP contribution < -0.4 is 73.9 Å². The standard InChI is InChI=1S/C75H103N15O21S2/c1-36(2)24-51-65(99)78-33-59(93)81-50(22-23-60(94)95)66(100)84-52(25-37(3)4)71(105)89-62(38(5)6)74(108)86-55(29-44-32-77-49-21-14-12-19-47(44)49)69(103)88-58(73(107)90-63(40(8)91)75(109)110)35-113-112-34-57(87-70(104)56(30-61(96)97)80-41(9)92)72(106)79-39(7)64(98)82-54(28-43-31-76-48-20-13-11-18-46(43)48)68(102)85-53(67(101)83-51)27-42-16-15-17-45(26-42)111-10/h11-21,26,31-32,36-40,50-58,62-63,68,76-77,85,91,102H,22-25,27-30,33-35H2,1-10H3,(H,78,99)(H,79,106)(H,80,92)(H,81,93)(H,82,98)(H,83,101)(H,84,100)(H,86,108)(H,87,104)(H,88,103)(H,89,105)(H,90,107)(H,94,95)(H,96,97)(H,109,110)/t39-,40+,50-,51-,52-,53-,54-,55-,56-,57-,58-,62-,63-,68?/m0/s1. The number of carbonyl (C=O) groups is 15. The van der Waals surface area contributed by atoms with Crippen LogP contribution in [0.25, 0.3) is 21.8 Å². The lowest BCUT2D eigenvalue weighted by Gasteiger charge is -2.31. The van der Waals surface area contributed by atoms with Gasteiger partial charge in [-0.05, 0) is 105 Å². The van der Waals surface area contributed by atoms with Gasteiger partial charge in [0.1, 0.15) is 66.4 Å². The van der Waals surface area contributed by atoms with Crippen LogP contribution in [0.3, 0.4) is 0 Å². The van der Waals surface area contributed by atoms with Crippen LogP contribution in [0.4, 0.5) is 0 Å². The summed E-state index contributed by atoms with van der Waals surface area (Å²) < 4.78 is 5.47. The van der Waals surface area contributed by atoms with Gasteiger partial charge in [-0.15, -0.1) is 0 Å². The number of para-hydroxylation sites is 2. The molecular weight excluding hydrogens is 1510 g/mol. The number of aromatic nitrogens is 2. The van der Waals surface area contributed by atoms with Gasteiger partial charge in [-0.2, -0.15) is 0 Å². The molecule has 14 atom stereocenters. The van der Waals surface area contributed by atoms with E-state index in [4.69, 9.17) is 4.74 Å². The smallest absolute Gasteiger partial charge is 0.328 e. The van der Waals surface area contributed by atoms with Gasteiger partial charge in [0.25, 0.3) is 0 Å². The maximum absolute atomic E-state index is 15.1. The number of amides is 12. The van der Waals surface area contributed by atoms with Crippen molar-refractivity contribution in [2.45, 2.75) is 199 Å². The number of methoxy groups -OCH3 is 1. The molecule has 5 aromatic rings. The molecule has 0 aliphatic carbocycles. The van der Waals surface area contributed by atoms with E-state index in [1.165, 1.54) is 14.0 Å². The van der Waals surface area contributed by atoms with Gasteiger partial charge in [0.15, 0.2) is 6.04 Å². The van der Waals surface area contributed by atoms with Crippen LogP contribution in [0.5, 0.6) is 5.75 Å². The summed E-state index contributed by atoms with van der Waals surface area (Å²) in [5.74, 6) is -18.8. The van der Waals surface area contributed by atoms with Crippen molar-refractivity contribution >= 4 is 132 Å². The lowest BCUT2D eigenvalue weighted by Crippen LogP contribution is -2.61. The number of rotatable bonds is 24. The van der Waals surface area contributed by atoms with Gasteiger partial charge < -0.3 is 104 Å². The number of carbonyl (C=O) groups excluding carboxylic acids is 12. The highest BCUT2D eigenvalue weighted by molar-refractivity contribution is 8.76. The minimum absolute atomic E-state index is 0.0404. The fourth-order valence-electron chi connectivity index (χ4n) is 12.3. The summed E-state index contributed by atoms with van der Waals surface area (Å²) in [5, 5.41) is 87.2. The summed E-state index contributed by atoms with van der Waals surface area (Å²) in [5.41, 5.74) is 2.74. The molecule has 1 unspecified atom stereocenters. The molecule has 113 heavy (non-hydrogen) atoms. The first-order valence-electron chi connectivity index (χ1n) is 36.7. The van der Waals surface area contributed by atoms with E-state index in [0.29, 0.717) is 44.2 Å². The van der Waals surface area contributed by atoms with Crippen LogP contribution in [-0.2, 0) is 91.2 Å². The molecule has 36 nitrogen and oxygen atoms in total. The zero-order valence-electron chi connectivity index (χ0n) is 64.3. The molecule has 0 bridgehead atoms. The minimum Gasteiger partial charge on any atom is -0.497 e. The zero-order chi connectivity index (χ0) is 83.5. The molecular formula is C75H103N15O21S2. The number of carboxylic acid groups (broad SMARTS) is 3. The molecule has 0 saturated carbocycles. The molecule has 1 aliphatic heterocycles. The van der Waals surface area contributed by atoms with E-state index < -0.39 is 217 Å². The monoisotopic (exact) mass is 1610 g/mol. The fourth-order valence-corrected chi connectivity index (χ4v) is 14.6. The van der Waals surface area contributed by atoms with E-state index in [-0.39, 0.29) is 43.9 Å². The molecule has 2 aromatic heterocycles. The van der Waals surface area contributed by atoms with Gasteiger partial charge in [-0.25, -0.2) is 4.79 Å². The van der Waals surface area contributed by atoms with Crippen molar-refractivity contribution in [3.8, 4) is 5.75 Å². The van der Waals surface area contributed by atoms with Crippen LogP contribution in [-0.4, -0.2) is 234 Å². The number of aromatic amines is 2. The first-order chi connectivity index (χ1) is 53.4. The summed E-state index contributed by atoms with van der Waals surface area (Å²) in [6.45, 7) is 12.5. The van der Waals surface area contributed by atoms with Crippen LogP contribution in [0.2, 0.25) is 0 Å². The molecule has 616 valence electrons. The third kappa shape index (κ3) is 28.7. The Hall–Kier alpha value is -10.8. The van der Waals surface area contributed by atoms with Crippen LogP contribution in [0.15, 0.2) is 85.2 Å². The number of aliphatic carboxylic acids is 3. The Balaban J connectivity index is 1.48. The summed E-state index contributed by atoms with van der Waals surface area (Å²) in [6, 6.07) is 1.03. The Morgan fingerprint density at radius 3 is 1.72 bits per heavy atom. The predicted octanol–water partition coefficient (Wildman–Crippen LogP) is -0.601. The second-order valence-corrected chi connectivity index (χ2v) is 31.3. The summed E-state index contributed by atoms with van der Waals surface area (Å²) >= 11 is 0. The number of hydrogen-bond acceptors (Lipinski definition) is 21. The van der Waals surface area contributed by atoms with E-state index in [1.54, 1.807) is 127 Å². The molecule has 6 rings (SSSR count). The van der Waals surface area contributed by atoms with Crippen molar-refractivity contribution in [3.05, 3.63) is 102 Å². The molecule has 38 heteroatoms. The Labute approximate surface area is 659 Å². The molecule has 20 N–H and O–H groups in total. The molecule has 1 aliphatic rings. The van der Waals surface area contributed by atoms with Crippen molar-refractivity contribution in [2.24, 2.45) is 17.8 Å². The quantitative estimate of drug-likeness (QED) is 0.0343.